The second kappa shape index (κ2) is 5.94. The SMILES string of the molecule is Cc1ccc(-c2ccc(C(=O)N(Cc3cnn(C)c3)C3CC3)s2)o1. The molecular weight excluding hydrogens is 322 g/mol. The largest absolute Gasteiger partial charge is 0.461 e. The maximum Gasteiger partial charge on any atom is 0.264 e. The van der Waals surface area contributed by atoms with Crippen LogP contribution in [0.25, 0.3) is 10.6 Å². The Balaban J connectivity index is 1.55. The van der Waals surface area contributed by atoms with Gasteiger partial charge in [0.05, 0.1) is 16.0 Å². The molecule has 0 bridgehead atoms. The molecule has 0 aromatic carbocycles. The summed E-state index contributed by atoms with van der Waals surface area (Å²) in [5, 5.41) is 4.20. The van der Waals surface area contributed by atoms with Crippen molar-refractivity contribution >= 4 is 17.2 Å². The van der Waals surface area contributed by atoms with E-state index in [1.165, 1.54) is 11.3 Å². The van der Waals surface area contributed by atoms with Gasteiger partial charge in [0, 0.05) is 31.4 Å². The van der Waals surface area contributed by atoms with Crippen LogP contribution in [0.5, 0.6) is 0 Å². The first-order chi connectivity index (χ1) is 11.6. The van der Waals surface area contributed by atoms with Gasteiger partial charge in [0.25, 0.3) is 5.91 Å². The van der Waals surface area contributed by atoms with Gasteiger partial charge in [-0.25, -0.2) is 0 Å². The van der Waals surface area contributed by atoms with E-state index in [4.69, 9.17) is 4.42 Å². The Morgan fingerprint density at radius 1 is 1.38 bits per heavy atom. The fourth-order valence-corrected chi connectivity index (χ4v) is 3.72. The van der Waals surface area contributed by atoms with Crippen molar-refractivity contribution in [2.75, 3.05) is 0 Å². The maximum atomic E-state index is 13.0. The maximum absolute atomic E-state index is 13.0. The summed E-state index contributed by atoms with van der Waals surface area (Å²) in [5.41, 5.74) is 1.07. The van der Waals surface area contributed by atoms with Gasteiger partial charge in [-0.2, -0.15) is 5.10 Å². The Labute approximate surface area is 144 Å². The monoisotopic (exact) mass is 341 g/mol. The fourth-order valence-electron chi connectivity index (χ4n) is 2.80. The fraction of sp³-hybridized carbons (Fsp3) is 0.333. The van der Waals surface area contributed by atoms with Gasteiger partial charge >= 0.3 is 0 Å². The van der Waals surface area contributed by atoms with Crippen LogP contribution in [0.4, 0.5) is 0 Å². The molecule has 124 valence electrons. The molecule has 0 N–H and O–H groups in total. The van der Waals surface area contributed by atoms with E-state index in [0.29, 0.717) is 12.6 Å². The highest BCUT2D eigenvalue weighted by atomic mass is 32.1. The number of amides is 1. The van der Waals surface area contributed by atoms with Crippen molar-refractivity contribution in [3.8, 4) is 10.6 Å². The molecule has 3 aromatic heterocycles. The lowest BCUT2D eigenvalue weighted by Crippen LogP contribution is -2.31. The zero-order chi connectivity index (χ0) is 16.7. The van der Waals surface area contributed by atoms with Crippen LogP contribution in [-0.4, -0.2) is 26.6 Å². The van der Waals surface area contributed by atoms with Crippen LogP contribution in [0.2, 0.25) is 0 Å². The highest BCUT2D eigenvalue weighted by molar-refractivity contribution is 7.17. The van der Waals surface area contributed by atoms with Gasteiger partial charge in [-0.15, -0.1) is 11.3 Å². The Morgan fingerprint density at radius 3 is 2.83 bits per heavy atom. The molecule has 1 fully saturated rings. The van der Waals surface area contributed by atoms with E-state index >= 15 is 0 Å². The molecular formula is C18H19N3O2S. The number of aromatic nitrogens is 2. The quantitative estimate of drug-likeness (QED) is 0.708. The zero-order valence-electron chi connectivity index (χ0n) is 13.7. The minimum Gasteiger partial charge on any atom is -0.461 e. The highest BCUT2D eigenvalue weighted by Gasteiger charge is 2.34. The van der Waals surface area contributed by atoms with E-state index in [1.807, 2.05) is 55.5 Å². The smallest absolute Gasteiger partial charge is 0.264 e. The Kier molecular flexibility index (Phi) is 3.76. The number of hydrogen-bond donors (Lipinski definition) is 0. The van der Waals surface area contributed by atoms with Gasteiger partial charge in [0.2, 0.25) is 0 Å². The number of furan rings is 1. The van der Waals surface area contributed by atoms with Gasteiger partial charge in [-0.3, -0.25) is 9.48 Å². The molecule has 6 heteroatoms. The third-order valence-electron chi connectivity index (χ3n) is 4.16. The van der Waals surface area contributed by atoms with Gasteiger partial charge in [0.1, 0.15) is 11.5 Å². The van der Waals surface area contributed by atoms with Crippen LogP contribution in [0.1, 0.15) is 33.8 Å². The first kappa shape index (κ1) is 15.2. The predicted octanol–water partition coefficient (Wildman–Crippen LogP) is 3.85. The molecule has 0 atom stereocenters. The van der Waals surface area contributed by atoms with E-state index in [0.717, 1.165) is 39.7 Å². The van der Waals surface area contributed by atoms with E-state index in [1.54, 1.807) is 4.68 Å². The standard InChI is InChI=1S/C18H19N3O2S/c1-12-3-6-15(23-12)16-7-8-17(24-16)18(22)21(14-4-5-14)11-13-9-19-20(2)10-13/h3,6-10,14H,4-5,11H2,1-2H3. The van der Waals surface area contributed by atoms with Crippen LogP contribution in [0.15, 0.2) is 41.1 Å². The van der Waals surface area contributed by atoms with E-state index in [2.05, 4.69) is 5.10 Å². The number of nitrogens with zero attached hydrogens (tertiary/aromatic N) is 3. The first-order valence-electron chi connectivity index (χ1n) is 8.05. The molecule has 0 spiro atoms. The van der Waals surface area contributed by atoms with Crippen molar-refractivity contribution < 1.29 is 9.21 Å². The molecule has 3 heterocycles. The minimum absolute atomic E-state index is 0.0980. The Bertz CT molecular complexity index is 872. The molecule has 1 amide bonds. The van der Waals surface area contributed by atoms with Crippen LogP contribution >= 0.6 is 11.3 Å². The molecule has 4 rings (SSSR count). The van der Waals surface area contributed by atoms with Gasteiger partial charge in [0.15, 0.2) is 0 Å². The lowest BCUT2D eigenvalue weighted by Gasteiger charge is -2.21. The highest BCUT2D eigenvalue weighted by Crippen LogP contribution is 2.34. The molecule has 3 aromatic rings. The number of carbonyl (C=O) groups excluding carboxylic acids is 1. The topological polar surface area (TPSA) is 51.3 Å². The summed E-state index contributed by atoms with van der Waals surface area (Å²) in [4.78, 5) is 16.7. The number of carbonyl (C=O) groups is 1. The summed E-state index contributed by atoms with van der Waals surface area (Å²) in [6, 6.07) is 8.11. The lowest BCUT2D eigenvalue weighted by atomic mass is 10.3. The third kappa shape index (κ3) is 3.01. The second-order valence-electron chi connectivity index (χ2n) is 6.26. The minimum atomic E-state index is 0.0980. The second-order valence-corrected chi connectivity index (χ2v) is 7.34. The third-order valence-corrected chi connectivity index (χ3v) is 5.25. The van der Waals surface area contributed by atoms with Crippen molar-refractivity contribution in [3.63, 3.8) is 0 Å². The van der Waals surface area contributed by atoms with E-state index < -0.39 is 0 Å². The number of aryl methyl sites for hydroxylation is 2. The predicted molar refractivity (Wildman–Crippen MR) is 92.9 cm³/mol. The molecule has 24 heavy (non-hydrogen) atoms. The van der Waals surface area contributed by atoms with E-state index in [9.17, 15) is 4.79 Å². The summed E-state index contributed by atoms with van der Waals surface area (Å²) in [7, 11) is 1.89. The molecule has 0 aliphatic heterocycles. The lowest BCUT2D eigenvalue weighted by molar-refractivity contribution is 0.0735. The summed E-state index contributed by atoms with van der Waals surface area (Å²) in [6.07, 6.45) is 5.96. The van der Waals surface area contributed by atoms with E-state index in [-0.39, 0.29) is 5.91 Å². The Morgan fingerprint density at radius 2 is 2.21 bits per heavy atom. The van der Waals surface area contributed by atoms with Crippen molar-refractivity contribution in [2.45, 2.75) is 32.4 Å². The molecule has 0 radical (unpaired) electrons. The zero-order valence-corrected chi connectivity index (χ0v) is 14.5. The van der Waals surface area contributed by atoms with Crippen LogP contribution in [-0.2, 0) is 13.6 Å². The average molecular weight is 341 g/mol. The molecule has 5 nitrogen and oxygen atoms in total. The Hall–Kier alpha value is -2.34. The average Bonchev–Trinajstić information content (AvgIpc) is 2.96. The summed E-state index contributed by atoms with van der Waals surface area (Å²) < 4.78 is 7.43. The van der Waals surface area contributed by atoms with Crippen molar-refractivity contribution in [1.29, 1.82) is 0 Å². The van der Waals surface area contributed by atoms with Crippen LogP contribution in [0, 0.1) is 6.92 Å². The molecule has 1 saturated carbocycles. The first-order valence-corrected chi connectivity index (χ1v) is 8.87. The van der Waals surface area contributed by atoms with Crippen molar-refractivity contribution in [3.05, 3.63) is 52.9 Å². The molecule has 1 aliphatic rings. The summed E-state index contributed by atoms with van der Waals surface area (Å²) in [5.74, 6) is 1.80. The summed E-state index contributed by atoms with van der Waals surface area (Å²) >= 11 is 1.49. The van der Waals surface area contributed by atoms with Crippen molar-refractivity contribution in [1.82, 2.24) is 14.7 Å². The van der Waals surface area contributed by atoms with Crippen LogP contribution in [0.3, 0.4) is 0 Å². The number of thiophene rings is 1. The number of rotatable bonds is 5. The summed E-state index contributed by atoms with van der Waals surface area (Å²) in [6.45, 7) is 2.54. The van der Waals surface area contributed by atoms with Gasteiger partial charge < -0.3 is 9.32 Å². The molecule has 1 aliphatic carbocycles. The number of hydrogen-bond acceptors (Lipinski definition) is 4. The van der Waals surface area contributed by atoms with Crippen LogP contribution < -0.4 is 0 Å². The normalized spacial score (nSPS) is 14.1. The van der Waals surface area contributed by atoms with Gasteiger partial charge in [-0.05, 0) is 44.0 Å². The molecule has 0 unspecified atom stereocenters. The van der Waals surface area contributed by atoms with Gasteiger partial charge in [-0.1, -0.05) is 0 Å². The molecule has 0 saturated heterocycles. The van der Waals surface area contributed by atoms with Crippen molar-refractivity contribution in [2.24, 2.45) is 7.05 Å².